The van der Waals surface area contributed by atoms with E-state index in [9.17, 15) is 4.79 Å². The van der Waals surface area contributed by atoms with Crippen LogP contribution in [0.4, 0.5) is 0 Å². The van der Waals surface area contributed by atoms with Gasteiger partial charge < -0.3 is 4.90 Å². The molecular weight excluding hydrogens is 264 g/mol. The average molecular weight is 284 g/mol. The predicted molar refractivity (Wildman–Crippen MR) is 80.8 cm³/mol. The monoisotopic (exact) mass is 284 g/mol. The molecule has 1 aliphatic rings. The van der Waals surface area contributed by atoms with E-state index >= 15 is 0 Å². The fourth-order valence-electron chi connectivity index (χ4n) is 2.92. The van der Waals surface area contributed by atoms with Gasteiger partial charge in [0.2, 0.25) is 0 Å². The van der Waals surface area contributed by atoms with E-state index in [1.807, 2.05) is 24.1 Å². The third kappa shape index (κ3) is 2.96. The largest absolute Gasteiger partial charge is 0.337 e. The Hall–Kier alpha value is -2.17. The van der Waals surface area contributed by atoms with Crippen LogP contribution in [0.3, 0.4) is 0 Å². The summed E-state index contributed by atoms with van der Waals surface area (Å²) >= 11 is 0. The van der Waals surface area contributed by atoms with Crippen LogP contribution in [0.2, 0.25) is 0 Å². The highest BCUT2D eigenvalue weighted by Crippen LogP contribution is 2.23. The van der Waals surface area contributed by atoms with Crippen molar-refractivity contribution in [3.8, 4) is 11.3 Å². The summed E-state index contributed by atoms with van der Waals surface area (Å²) in [4.78, 5) is 18.5. The van der Waals surface area contributed by atoms with E-state index in [-0.39, 0.29) is 5.91 Å². The van der Waals surface area contributed by atoms with Crippen LogP contribution in [0.5, 0.6) is 0 Å². The Bertz CT molecular complexity index is 602. The van der Waals surface area contributed by atoms with Gasteiger partial charge in [0.05, 0.1) is 5.69 Å². The molecular formula is C16H20N4O. The molecule has 110 valence electrons. The van der Waals surface area contributed by atoms with Gasteiger partial charge in [-0.3, -0.25) is 14.9 Å². The lowest BCUT2D eigenvalue weighted by molar-refractivity contribution is 0.0690. The standard InChI is InChI=1S/C16H20N4O/c1-20(13-7-3-2-4-8-13)16(21)15-10-14(18-19-15)12-6-5-9-17-11-12/h5-6,9-11,13H,2-4,7-8H2,1H3,(H,18,19). The molecule has 1 fully saturated rings. The maximum atomic E-state index is 12.5. The zero-order valence-corrected chi connectivity index (χ0v) is 12.2. The van der Waals surface area contributed by atoms with Gasteiger partial charge in [-0.05, 0) is 31.0 Å². The highest BCUT2D eigenvalue weighted by molar-refractivity contribution is 5.93. The molecule has 2 aromatic heterocycles. The molecule has 1 N–H and O–H groups in total. The summed E-state index contributed by atoms with van der Waals surface area (Å²) in [6, 6.07) is 5.96. The minimum atomic E-state index is 0.0181. The van der Waals surface area contributed by atoms with Crippen molar-refractivity contribution in [2.24, 2.45) is 0 Å². The molecule has 5 nitrogen and oxygen atoms in total. The molecule has 2 heterocycles. The highest BCUT2D eigenvalue weighted by atomic mass is 16.2. The molecule has 2 aromatic rings. The first-order chi connectivity index (χ1) is 10.3. The van der Waals surface area contributed by atoms with E-state index in [1.54, 1.807) is 18.5 Å². The number of amides is 1. The molecule has 5 heteroatoms. The second kappa shape index (κ2) is 6.08. The number of rotatable bonds is 3. The molecule has 0 saturated heterocycles. The number of nitrogens with zero attached hydrogens (tertiary/aromatic N) is 3. The normalized spacial score (nSPS) is 15.9. The predicted octanol–water partition coefficient (Wildman–Crippen LogP) is 2.88. The Balaban J connectivity index is 1.74. The molecule has 0 unspecified atom stereocenters. The summed E-state index contributed by atoms with van der Waals surface area (Å²) in [5, 5.41) is 7.08. The number of pyridine rings is 1. The third-order valence-electron chi connectivity index (χ3n) is 4.21. The van der Waals surface area contributed by atoms with Crippen molar-refractivity contribution in [2.45, 2.75) is 38.1 Å². The summed E-state index contributed by atoms with van der Waals surface area (Å²) < 4.78 is 0. The quantitative estimate of drug-likeness (QED) is 0.942. The van der Waals surface area contributed by atoms with Crippen molar-refractivity contribution in [1.29, 1.82) is 0 Å². The highest BCUT2D eigenvalue weighted by Gasteiger charge is 2.24. The molecule has 0 atom stereocenters. The SMILES string of the molecule is CN(C(=O)c1cc(-c2cccnc2)n[nH]1)C1CCCCC1. The van der Waals surface area contributed by atoms with E-state index in [2.05, 4.69) is 15.2 Å². The van der Waals surface area contributed by atoms with Gasteiger partial charge in [0, 0.05) is 31.0 Å². The van der Waals surface area contributed by atoms with Crippen molar-refractivity contribution in [2.75, 3.05) is 7.05 Å². The lowest BCUT2D eigenvalue weighted by Crippen LogP contribution is -2.38. The first-order valence-corrected chi connectivity index (χ1v) is 7.48. The topological polar surface area (TPSA) is 61.9 Å². The van der Waals surface area contributed by atoms with Gasteiger partial charge >= 0.3 is 0 Å². The molecule has 3 rings (SSSR count). The molecule has 0 aromatic carbocycles. The van der Waals surface area contributed by atoms with Crippen LogP contribution < -0.4 is 0 Å². The minimum Gasteiger partial charge on any atom is -0.337 e. The second-order valence-electron chi connectivity index (χ2n) is 5.62. The van der Waals surface area contributed by atoms with Crippen LogP contribution in [0.1, 0.15) is 42.6 Å². The van der Waals surface area contributed by atoms with E-state index in [1.165, 1.54) is 19.3 Å². The zero-order valence-electron chi connectivity index (χ0n) is 12.2. The molecule has 1 aliphatic carbocycles. The Morgan fingerprint density at radius 1 is 1.33 bits per heavy atom. The molecule has 21 heavy (non-hydrogen) atoms. The van der Waals surface area contributed by atoms with E-state index in [0.29, 0.717) is 11.7 Å². The van der Waals surface area contributed by atoms with Crippen molar-refractivity contribution in [1.82, 2.24) is 20.1 Å². The number of carbonyl (C=O) groups excluding carboxylic acids is 1. The number of carbonyl (C=O) groups is 1. The fourth-order valence-corrected chi connectivity index (χ4v) is 2.92. The Morgan fingerprint density at radius 2 is 2.14 bits per heavy atom. The molecule has 1 saturated carbocycles. The number of hydrogen-bond donors (Lipinski definition) is 1. The number of H-pyrrole nitrogens is 1. The van der Waals surface area contributed by atoms with Crippen molar-refractivity contribution >= 4 is 5.91 Å². The van der Waals surface area contributed by atoms with Gasteiger partial charge in [0.15, 0.2) is 0 Å². The second-order valence-corrected chi connectivity index (χ2v) is 5.62. The summed E-state index contributed by atoms with van der Waals surface area (Å²) in [5.41, 5.74) is 2.21. The smallest absolute Gasteiger partial charge is 0.271 e. The van der Waals surface area contributed by atoms with Crippen LogP contribution in [0, 0.1) is 0 Å². The summed E-state index contributed by atoms with van der Waals surface area (Å²) in [6.45, 7) is 0. The van der Waals surface area contributed by atoms with Crippen LogP contribution in [-0.2, 0) is 0 Å². The van der Waals surface area contributed by atoms with E-state index in [0.717, 1.165) is 24.1 Å². The van der Waals surface area contributed by atoms with Gasteiger partial charge in [-0.2, -0.15) is 5.10 Å². The fraction of sp³-hybridized carbons (Fsp3) is 0.438. The van der Waals surface area contributed by atoms with Gasteiger partial charge in [-0.15, -0.1) is 0 Å². The van der Waals surface area contributed by atoms with Crippen LogP contribution >= 0.6 is 0 Å². The Kier molecular flexibility index (Phi) is 3.99. The molecule has 1 amide bonds. The maximum Gasteiger partial charge on any atom is 0.271 e. The van der Waals surface area contributed by atoms with Crippen LogP contribution in [0.25, 0.3) is 11.3 Å². The average Bonchev–Trinajstić information content (AvgIpc) is 3.05. The summed E-state index contributed by atoms with van der Waals surface area (Å²) in [7, 11) is 1.89. The van der Waals surface area contributed by atoms with Gasteiger partial charge in [0.1, 0.15) is 5.69 Å². The minimum absolute atomic E-state index is 0.0181. The zero-order chi connectivity index (χ0) is 14.7. The van der Waals surface area contributed by atoms with Crippen molar-refractivity contribution < 1.29 is 4.79 Å². The number of nitrogens with one attached hydrogen (secondary N) is 1. The van der Waals surface area contributed by atoms with Crippen LogP contribution in [0.15, 0.2) is 30.6 Å². The Labute approximate surface area is 124 Å². The Morgan fingerprint density at radius 3 is 2.86 bits per heavy atom. The van der Waals surface area contributed by atoms with Crippen LogP contribution in [-0.4, -0.2) is 39.1 Å². The lowest BCUT2D eigenvalue weighted by Gasteiger charge is -2.30. The van der Waals surface area contributed by atoms with E-state index in [4.69, 9.17) is 0 Å². The first kappa shape index (κ1) is 13.8. The van der Waals surface area contributed by atoms with Gasteiger partial charge in [-0.25, -0.2) is 0 Å². The van der Waals surface area contributed by atoms with Gasteiger partial charge in [0.25, 0.3) is 5.91 Å². The molecule has 0 spiro atoms. The number of hydrogen-bond acceptors (Lipinski definition) is 3. The first-order valence-electron chi connectivity index (χ1n) is 7.48. The number of aromatic amines is 1. The summed E-state index contributed by atoms with van der Waals surface area (Å²) in [5.74, 6) is 0.0181. The van der Waals surface area contributed by atoms with E-state index < -0.39 is 0 Å². The molecule has 0 radical (unpaired) electrons. The maximum absolute atomic E-state index is 12.5. The number of aromatic nitrogens is 3. The van der Waals surface area contributed by atoms with Gasteiger partial charge in [-0.1, -0.05) is 19.3 Å². The molecule has 0 aliphatic heterocycles. The van der Waals surface area contributed by atoms with Crippen molar-refractivity contribution in [3.63, 3.8) is 0 Å². The lowest BCUT2D eigenvalue weighted by atomic mass is 9.94. The third-order valence-corrected chi connectivity index (χ3v) is 4.21. The van der Waals surface area contributed by atoms with Crippen molar-refractivity contribution in [3.05, 3.63) is 36.3 Å². The summed E-state index contributed by atoms with van der Waals surface area (Å²) in [6.07, 6.45) is 9.39. The molecule has 0 bridgehead atoms.